The Bertz CT molecular complexity index is 1530. The molecule has 210 valence electrons. The Hall–Kier alpha value is -1.64. The normalized spacial score (nSPS) is 17.6. The molecule has 0 aliphatic heterocycles. The average molecular weight is 689 g/mol. The summed E-state index contributed by atoms with van der Waals surface area (Å²) in [6.07, 6.45) is -0.996. The highest BCUT2D eigenvalue weighted by molar-refractivity contribution is 6.54. The van der Waals surface area contributed by atoms with E-state index in [-0.39, 0.29) is 32.4 Å². The first-order valence-electron chi connectivity index (χ1n) is 11.4. The second-order valence-corrected chi connectivity index (χ2v) is 12.8. The molecule has 1 aliphatic rings. The minimum atomic E-state index is -1.40. The molecule has 3 aromatic rings. The molecule has 3 aromatic carbocycles. The van der Waals surface area contributed by atoms with Crippen molar-refractivity contribution in [3.05, 3.63) is 97.5 Å². The third kappa shape index (κ3) is 6.70. The van der Waals surface area contributed by atoms with Gasteiger partial charge in [-0.3, -0.25) is 14.4 Å². The van der Waals surface area contributed by atoms with Gasteiger partial charge in [0.1, 0.15) is 16.0 Å². The summed E-state index contributed by atoms with van der Waals surface area (Å²) < 4.78 is 27.3. The zero-order chi connectivity index (χ0) is 29.5. The molecular weight excluding hydrogens is 672 g/mol. The maximum absolute atomic E-state index is 14.5. The summed E-state index contributed by atoms with van der Waals surface area (Å²) in [7, 11) is 0. The average Bonchev–Trinajstić information content (AvgIpc) is 3.46. The summed E-state index contributed by atoms with van der Waals surface area (Å²) in [4.78, 5) is 36.6. The lowest BCUT2D eigenvalue weighted by Gasteiger charge is -2.11. The van der Waals surface area contributed by atoms with Crippen LogP contribution in [0.4, 0.5) is 14.5 Å². The molecule has 0 unspecified atom stereocenters. The SMILES string of the molecule is O=C(Cc1cc(CC(=O)C(Cl)Cl)c(F)cc1F)c1cc(NC(=O)[C@H]2[C@H](c3ccc(Cl)c(Cl)c3)C2(Cl)Cl)ccc1Cl. The van der Waals surface area contributed by atoms with Gasteiger partial charge in [0.2, 0.25) is 5.91 Å². The van der Waals surface area contributed by atoms with Gasteiger partial charge in [-0.15, -0.1) is 23.2 Å². The summed E-state index contributed by atoms with van der Waals surface area (Å²) in [5.74, 6) is -5.19. The molecule has 0 saturated heterocycles. The molecule has 0 bridgehead atoms. The smallest absolute Gasteiger partial charge is 0.231 e. The quantitative estimate of drug-likeness (QED) is 0.181. The van der Waals surface area contributed by atoms with Gasteiger partial charge in [0.15, 0.2) is 16.4 Å². The highest BCUT2D eigenvalue weighted by Gasteiger charge is 2.67. The lowest BCUT2D eigenvalue weighted by Crippen LogP contribution is -2.17. The summed E-state index contributed by atoms with van der Waals surface area (Å²) >= 11 is 42.1. The first kappa shape index (κ1) is 31.3. The Morgan fingerprint density at radius 1 is 0.825 bits per heavy atom. The number of nitrogens with one attached hydrogen (secondary N) is 1. The number of halogens is 9. The molecule has 13 heteroatoms. The number of benzene rings is 3. The van der Waals surface area contributed by atoms with E-state index in [9.17, 15) is 23.2 Å². The molecule has 1 aliphatic carbocycles. The number of amides is 1. The predicted octanol–water partition coefficient (Wildman–Crippen LogP) is 8.79. The van der Waals surface area contributed by atoms with E-state index in [2.05, 4.69) is 5.32 Å². The first-order chi connectivity index (χ1) is 18.7. The summed E-state index contributed by atoms with van der Waals surface area (Å²) in [6, 6.07) is 10.6. The van der Waals surface area contributed by atoms with E-state index in [0.717, 1.165) is 6.07 Å². The van der Waals surface area contributed by atoms with Crippen molar-refractivity contribution in [3.63, 3.8) is 0 Å². The van der Waals surface area contributed by atoms with Crippen LogP contribution in [0.15, 0.2) is 48.5 Å². The Morgan fingerprint density at radius 2 is 1.45 bits per heavy atom. The van der Waals surface area contributed by atoms with E-state index in [0.29, 0.717) is 16.7 Å². The van der Waals surface area contributed by atoms with Gasteiger partial charge in [0.05, 0.1) is 21.0 Å². The monoisotopic (exact) mass is 685 g/mol. The van der Waals surface area contributed by atoms with Gasteiger partial charge in [0.25, 0.3) is 0 Å². The highest BCUT2D eigenvalue weighted by atomic mass is 35.5. The van der Waals surface area contributed by atoms with E-state index in [1.54, 1.807) is 18.2 Å². The van der Waals surface area contributed by atoms with Crippen LogP contribution in [0.2, 0.25) is 15.1 Å². The Morgan fingerprint density at radius 3 is 2.08 bits per heavy atom. The summed E-state index contributed by atoms with van der Waals surface area (Å²) in [5.41, 5.74) is 0.475. The number of hydrogen-bond donors (Lipinski definition) is 1. The number of rotatable bonds is 9. The maximum atomic E-state index is 14.5. The molecule has 4 rings (SSSR count). The van der Waals surface area contributed by atoms with E-state index < -0.39 is 63.0 Å². The number of Topliss-reactive ketones (excluding diaryl/α,β-unsaturated/α-hetero) is 2. The Balaban J connectivity index is 1.51. The minimum absolute atomic E-state index is 0.0257. The van der Waals surface area contributed by atoms with E-state index >= 15 is 0 Å². The lowest BCUT2D eigenvalue weighted by atomic mass is 9.98. The second kappa shape index (κ2) is 12.3. The predicted molar refractivity (Wildman–Crippen MR) is 156 cm³/mol. The van der Waals surface area contributed by atoms with E-state index in [1.165, 1.54) is 18.2 Å². The molecule has 0 aromatic heterocycles. The van der Waals surface area contributed by atoms with Gasteiger partial charge in [-0.1, -0.05) is 64.1 Å². The number of carbonyl (C=O) groups excluding carboxylic acids is 3. The zero-order valence-electron chi connectivity index (χ0n) is 19.9. The van der Waals surface area contributed by atoms with Crippen LogP contribution in [0.3, 0.4) is 0 Å². The van der Waals surface area contributed by atoms with Crippen LogP contribution in [0.25, 0.3) is 0 Å². The van der Waals surface area contributed by atoms with Crippen molar-refractivity contribution in [1.82, 2.24) is 0 Å². The van der Waals surface area contributed by atoms with Gasteiger partial charge in [-0.2, -0.15) is 0 Å². The minimum Gasteiger partial charge on any atom is -0.326 e. The molecule has 2 atom stereocenters. The number of hydrogen-bond acceptors (Lipinski definition) is 3. The van der Waals surface area contributed by atoms with Crippen LogP contribution < -0.4 is 5.32 Å². The number of ketones is 2. The lowest BCUT2D eigenvalue weighted by molar-refractivity contribution is -0.118. The largest absolute Gasteiger partial charge is 0.326 e. The fraction of sp³-hybridized carbons (Fsp3) is 0.222. The van der Waals surface area contributed by atoms with E-state index in [4.69, 9.17) is 81.2 Å². The molecule has 0 heterocycles. The van der Waals surface area contributed by atoms with Crippen molar-refractivity contribution in [1.29, 1.82) is 0 Å². The summed E-state index contributed by atoms with van der Waals surface area (Å²) in [6.45, 7) is 0. The fourth-order valence-corrected chi connectivity index (χ4v) is 5.77. The second-order valence-electron chi connectivity index (χ2n) is 9.07. The van der Waals surface area contributed by atoms with Crippen molar-refractivity contribution in [2.75, 3.05) is 5.32 Å². The molecule has 1 fully saturated rings. The van der Waals surface area contributed by atoms with E-state index in [1.807, 2.05) is 0 Å². The molecule has 0 radical (unpaired) electrons. The third-order valence-electron chi connectivity index (χ3n) is 6.35. The van der Waals surface area contributed by atoms with Gasteiger partial charge in [0, 0.05) is 36.1 Å². The Labute approximate surface area is 262 Å². The molecule has 0 spiro atoms. The van der Waals surface area contributed by atoms with Gasteiger partial charge in [-0.25, -0.2) is 8.78 Å². The first-order valence-corrected chi connectivity index (χ1v) is 14.2. The third-order valence-corrected chi connectivity index (χ3v) is 8.84. The van der Waals surface area contributed by atoms with Gasteiger partial charge in [-0.05, 0) is 53.1 Å². The van der Waals surface area contributed by atoms with Gasteiger partial charge < -0.3 is 5.32 Å². The number of anilines is 1. The highest BCUT2D eigenvalue weighted by Crippen LogP contribution is 2.65. The molecule has 40 heavy (non-hydrogen) atoms. The van der Waals surface area contributed by atoms with Crippen LogP contribution >= 0.6 is 81.2 Å². The number of alkyl halides is 4. The van der Waals surface area contributed by atoms with Crippen molar-refractivity contribution in [2.45, 2.75) is 27.9 Å². The molecular formula is C27H16Cl7F2NO3. The topological polar surface area (TPSA) is 63.2 Å². The van der Waals surface area contributed by atoms with Crippen LogP contribution in [-0.2, 0) is 22.4 Å². The van der Waals surface area contributed by atoms with Crippen LogP contribution in [0.1, 0.15) is 33.0 Å². The standard InChI is InChI=1S/C27H16Cl7F2NO3/c28-16-4-2-14(37-26(40)24-23(27(24,33)34)11-1-3-17(29)18(30)6-11)9-15(16)21(38)7-12-5-13(8-22(39)25(31)32)20(36)10-19(12)35/h1-6,9-10,23-25H,7-8H2,(H,37,40)/t23-,24+/m0/s1. The maximum Gasteiger partial charge on any atom is 0.231 e. The zero-order valence-corrected chi connectivity index (χ0v) is 25.2. The fourth-order valence-electron chi connectivity index (χ4n) is 4.26. The molecule has 1 N–H and O–H groups in total. The van der Waals surface area contributed by atoms with Crippen molar-refractivity contribution < 1.29 is 23.2 Å². The van der Waals surface area contributed by atoms with Crippen molar-refractivity contribution in [3.8, 4) is 0 Å². The Kier molecular flexibility index (Phi) is 9.63. The molecule has 4 nitrogen and oxygen atoms in total. The molecule has 1 amide bonds. The van der Waals surface area contributed by atoms with Crippen LogP contribution in [0.5, 0.6) is 0 Å². The molecule has 1 saturated carbocycles. The van der Waals surface area contributed by atoms with Crippen molar-refractivity contribution in [2.24, 2.45) is 5.92 Å². The van der Waals surface area contributed by atoms with Crippen LogP contribution in [0, 0.1) is 17.6 Å². The van der Waals surface area contributed by atoms with Crippen LogP contribution in [-0.4, -0.2) is 26.6 Å². The summed E-state index contributed by atoms with van der Waals surface area (Å²) in [5, 5.41) is 3.33. The van der Waals surface area contributed by atoms with Crippen molar-refractivity contribution >= 4 is 104 Å². The number of carbonyl (C=O) groups is 3. The van der Waals surface area contributed by atoms with Gasteiger partial charge >= 0.3 is 0 Å².